The van der Waals surface area contributed by atoms with E-state index in [-0.39, 0.29) is 0 Å². The van der Waals surface area contributed by atoms with Gasteiger partial charge in [-0.15, -0.1) is 0 Å². The van der Waals surface area contributed by atoms with E-state index in [2.05, 4.69) is 19.9 Å². The summed E-state index contributed by atoms with van der Waals surface area (Å²) in [5.74, 6) is 0. The molecule has 1 heteroatoms. The van der Waals surface area contributed by atoms with Crippen LogP contribution in [0.2, 0.25) is 5.02 Å². The van der Waals surface area contributed by atoms with Gasteiger partial charge in [0.25, 0.3) is 0 Å². The lowest BCUT2D eigenvalue weighted by Gasteiger charge is -2.00. The average molecular weight is 199 g/mol. The molecule has 0 radical (unpaired) electrons. The Labute approximate surface area is 86.9 Å². The van der Waals surface area contributed by atoms with Crippen molar-refractivity contribution in [2.24, 2.45) is 0 Å². The van der Waals surface area contributed by atoms with Gasteiger partial charge in [0.1, 0.15) is 0 Å². The number of hydrogen-bond donors (Lipinski definition) is 0. The van der Waals surface area contributed by atoms with Gasteiger partial charge in [0, 0.05) is 5.02 Å². The van der Waals surface area contributed by atoms with Crippen LogP contribution in [-0.2, 0) is 6.42 Å². The van der Waals surface area contributed by atoms with Gasteiger partial charge in [-0.1, -0.05) is 44.9 Å². The lowest BCUT2D eigenvalue weighted by atomic mass is 10.1. The molecular formula is C12H19Cl. The molecule has 0 N–H and O–H groups in total. The molecule has 0 aliphatic heterocycles. The van der Waals surface area contributed by atoms with Crippen LogP contribution < -0.4 is 0 Å². The maximum absolute atomic E-state index is 5.89. The Kier molecular flexibility index (Phi) is 6.70. The quantitative estimate of drug-likeness (QED) is 0.650. The second kappa shape index (κ2) is 6.97. The smallest absolute Gasteiger partial charge is 0.0411 e. The van der Waals surface area contributed by atoms with Crippen LogP contribution in [0.25, 0.3) is 0 Å². The van der Waals surface area contributed by atoms with Crippen molar-refractivity contribution < 1.29 is 0 Å². The average Bonchev–Trinajstić information content (AvgIpc) is 2.06. The summed E-state index contributed by atoms with van der Waals surface area (Å²) in [4.78, 5) is 0. The third kappa shape index (κ3) is 4.94. The molecule has 0 atom stereocenters. The Morgan fingerprint density at radius 3 is 2.23 bits per heavy atom. The van der Waals surface area contributed by atoms with E-state index >= 15 is 0 Å². The molecule has 0 bridgehead atoms. The van der Waals surface area contributed by atoms with Gasteiger partial charge in [-0.05, 0) is 36.6 Å². The van der Waals surface area contributed by atoms with Gasteiger partial charge in [-0.25, -0.2) is 0 Å². The van der Waals surface area contributed by atoms with Crippen LogP contribution in [0.3, 0.4) is 0 Å². The predicted octanol–water partition coefficient (Wildman–Crippen LogP) is 4.63. The molecule has 0 spiro atoms. The summed E-state index contributed by atoms with van der Waals surface area (Å²) in [6.45, 7) is 8.25. The second-order valence-electron chi connectivity index (χ2n) is 2.89. The normalized spacial score (nSPS) is 9.00. The fourth-order valence-corrected chi connectivity index (χ4v) is 1.56. The Morgan fingerprint density at radius 1 is 1.15 bits per heavy atom. The Hall–Kier alpha value is -0.490. The minimum absolute atomic E-state index is 0.855. The number of aryl methyl sites for hydroxylation is 2. The van der Waals surface area contributed by atoms with Crippen LogP contribution in [0.15, 0.2) is 18.2 Å². The summed E-state index contributed by atoms with van der Waals surface area (Å²) in [6.07, 6.45) is 2.31. The van der Waals surface area contributed by atoms with Crippen molar-refractivity contribution in [3.8, 4) is 0 Å². The Bertz CT molecular complexity index is 221. The molecule has 1 rings (SSSR count). The van der Waals surface area contributed by atoms with Crippen molar-refractivity contribution in [2.75, 3.05) is 0 Å². The zero-order chi connectivity index (χ0) is 10.3. The van der Waals surface area contributed by atoms with E-state index < -0.39 is 0 Å². The maximum atomic E-state index is 5.89. The topological polar surface area (TPSA) is 0 Å². The van der Waals surface area contributed by atoms with E-state index in [9.17, 15) is 0 Å². The minimum atomic E-state index is 0.855. The highest BCUT2D eigenvalue weighted by molar-refractivity contribution is 6.30. The molecule has 0 amide bonds. The van der Waals surface area contributed by atoms with Crippen LogP contribution in [0.4, 0.5) is 0 Å². The molecule has 0 aromatic heterocycles. The van der Waals surface area contributed by atoms with Gasteiger partial charge in [-0.3, -0.25) is 0 Å². The summed E-state index contributed by atoms with van der Waals surface area (Å²) in [5, 5.41) is 0.855. The summed E-state index contributed by atoms with van der Waals surface area (Å²) in [5.41, 5.74) is 2.60. The minimum Gasteiger partial charge on any atom is -0.0843 e. The summed E-state index contributed by atoms with van der Waals surface area (Å²) in [6, 6.07) is 6.22. The van der Waals surface area contributed by atoms with Crippen molar-refractivity contribution in [3.05, 3.63) is 34.3 Å². The van der Waals surface area contributed by atoms with Crippen molar-refractivity contribution >= 4 is 11.6 Å². The first-order valence-electron chi connectivity index (χ1n) is 4.98. The van der Waals surface area contributed by atoms with Gasteiger partial charge in [0.05, 0.1) is 0 Å². The highest BCUT2D eigenvalue weighted by atomic mass is 35.5. The van der Waals surface area contributed by atoms with Gasteiger partial charge in [0.2, 0.25) is 0 Å². The SMILES string of the molecule is CC.CCCc1cc(C)cc(Cl)c1. The van der Waals surface area contributed by atoms with Gasteiger partial charge in [-0.2, -0.15) is 0 Å². The molecule has 0 heterocycles. The Morgan fingerprint density at radius 2 is 1.77 bits per heavy atom. The maximum Gasteiger partial charge on any atom is 0.0411 e. The highest BCUT2D eigenvalue weighted by Gasteiger charge is 1.94. The third-order valence-corrected chi connectivity index (χ3v) is 1.86. The molecule has 0 aliphatic rings. The zero-order valence-corrected chi connectivity index (χ0v) is 9.78. The van der Waals surface area contributed by atoms with Crippen LogP contribution in [0, 0.1) is 6.92 Å². The predicted molar refractivity (Wildman–Crippen MR) is 61.5 cm³/mol. The van der Waals surface area contributed by atoms with Crippen LogP contribution in [-0.4, -0.2) is 0 Å². The lowest BCUT2D eigenvalue weighted by Crippen LogP contribution is -1.84. The molecule has 13 heavy (non-hydrogen) atoms. The first-order valence-corrected chi connectivity index (χ1v) is 5.36. The van der Waals surface area contributed by atoms with E-state index in [1.165, 1.54) is 17.5 Å². The largest absolute Gasteiger partial charge is 0.0843 e. The lowest BCUT2D eigenvalue weighted by molar-refractivity contribution is 0.920. The molecule has 0 aliphatic carbocycles. The molecule has 1 aromatic rings. The molecule has 1 aromatic carbocycles. The summed E-state index contributed by atoms with van der Waals surface area (Å²) in [7, 11) is 0. The van der Waals surface area contributed by atoms with Gasteiger partial charge in [0.15, 0.2) is 0 Å². The van der Waals surface area contributed by atoms with Crippen molar-refractivity contribution in [2.45, 2.75) is 40.5 Å². The fraction of sp³-hybridized carbons (Fsp3) is 0.500. The Balaban J connectivity index is 0.000000671. The summed E-state index contributed by atoms with van der Waals surface area (Å²) < 4.78 is 0. The zero-order valence-electron chi connectivity index (χ0n) is 9.02. The molecule has 0 unspecified atom stereocenters. The van der Waals surface area contributed by atoms with Crippen molar-refractivity contribution in [1.29, 1.82) is 0 Å². The van der Waals surface area contributed by atoms with E-state index in [4.69, 9.17) is 11.6 Å². The number of rotatable bonds is 2. The molecule has 0 fully saturated rings. The monoisotopic (exact) mass is 198 g/mol. The number of benzene rings is 1. The van der Waals surface area contributed by atoms with E-state index in [1.54, 1.807) is 0 Å². The third-order valence-electron chi connectivity index (χ3n) is 1.64. The first-order chi connectivity index (χ1) is 6.22. The van der Waals surface area contributed by atoms with Crippen molar-refractivity contribution in [1.82, 2.24) is 0 Å². The van der Waals surface area contributed by atoms with E-state index in [0.29, 0.717) is 0 Å². The van der Waals surface area contributed by atoms with Gasteiger partial charge >= 0.3 is 0 Å². The van der Waals surface area contributed by atoms with Crippen LogP contribution >= 0.6 is 11.6 Å². The van der Waals surface area contributed by atoms with Crippen LogP contribution in [0.5, 0.6) is 0 Å². The summed E-state index contributed by atoms with van der Waals surface area (Å²) >= 11 is 5.89. The standard InChI is InChI=1S/C10H13Cl.C2H6/c1-3-4-9-5-8(2)6-10(11)7-9;1-2/h5-7H,3-4H2,1-2H3;1-2H3. The van der Waals surface area contributed by atoms with Crippen LogP contribution in [0.1, 0.15) is 38.3 Å². The first kappa shape index (κ1) is 12.5. The van der Waals surface area contributed by atoms with E-state index in [0.717, 1.165) is 11.4 Å². The number of halogens is 1. The second-order valence-corrected chi connectivity index (χ2v) is 3.32. The van der Waals surface area contributed by atoms with Gasteiger partial charge < -0.3 is 0 Å². The molecule has 0 nitrogen and oxygen atoms in total. The van der Waals surface area contributed by atoms with Crippen molar-refractivity contribution in [3.63, 3.8) is 0 Å². The van der Waals surface area contributed by atoms with E-state index in [1.807, 2.05) is 26.0 Å². The number of hydrogen-bond acceptors (Lipinski definition) is 0. The molecule has 0 saturated heterocycles. The molecule has 0 saturated carbocycles. The molecule has 74 valence electrons. The molecular weight excluding hydrogens is 180 g/mol. The fourth-order valence-electron chi connectivity index (χ4n) is 1.25. The highest BCUT2D eigenvalue weighted by Crippen LogP contribution is 2.15.